The van der Waals surface area contributed by atoms with Gasteiger partial charge in [0.1, 0.15) is 0 Å². The Bertz CT molecular complexity index is 425. The van der Waals surface area contributed by atoms with Crippen molar-refractivity contribution in [2.45, 2.75) is 61.3 Å². The van der Waals surface area contributed by atoms with Gasteiger partial charge in [-0.3, -0.25) is 0 Å². The van der Waals surface area contributed by atoms with Gasteiger partial charge in [-0.25, -0.2) is 0 Å². The quantitative estimate of drug-likeness (QED) is 0.648. The fraction of sp³-hybridized carbons (Fsp3) is 1.00. The van der Waals surface area contributed by atoms with E-state index in [1.807, 2.05) is 0 Å². The topological polar surface area (TPSA) is 27.7 Å². The van der Waals surface area contributed by atoms with Gasteiger partial charge >= 0.3 is 24.7 Å². The van der Waals surface area contributed by atoms with Crippen LogP contribution in [-0.2, 0) is 14.2 Å². The van der Waals surface area contributed by atoms with E-state index < -0.39 is 61.3 Å². The van der Waals surface area contributed by atoms with Crippen molar-refractivity contribution in [1.82, 2.24) is 0 Å². The molecule has 2 rings (SSSR count). The molecule has 0 aromatic heterocycles. The average Bonchev–Trinajstić information content (AvgIpc) is 2.15. The molecule has 2 atom stereocenters. The van der Waals surface area contributed by atoms with Crippen LogP contribution in [0.15, 0.2) is 0 Å². The van der Waals surface area contributed by atoms with Crippen LogP contribution in [0.25, 0.3) is 0 Å². The van der Waals surface area contributed by atoms with Gasteiger partial charge in [-0.15, -0.1) is 0 Å². The van der Waals surface area contributed by atoms with Crippen LogP contribution in [0.1, 0.15) is 12.8 Å². The smallest absolute Gasteiger partial charge is 0.328 e. The molecule has 25 heavy (non-hydrogen) atoms. The Balaban J connectivity index is 2.00. The second kappa shape index (κ2) is 5.28. The summed E-state index contributed by atoms with van der Waals surface area (Å²) in [6, 6.07) is 0. The minimum Gasteiger partial charge on any atom is -0.328 e. The summed E-state index contributed by atoms with van der Waals surface area (Å²) >= 11 is 0. The van der Waals surface area contributed by atoms with Gasteiger partial charge in [0, 0.05) is 12.8 Å². The monoisotopic (exact) mass is 402 g/mol. The molecule has 0 spiro atoms. The third kappa shape index (κ3) is 2.93. The van der Waals surface area contributed by atoms with E-state index >= 15 is 0 Å². The van der Waals surface area contributed by atoms with Crippen LogP contribution in [0.2, 0.25) is 0 Å². The molecule has 2 heterocycles. The van der Waals surface area contributed by atoms with Crippen molar-refractivity contribution in [2.24, 2.45) is 0 Å². The summed E-state index contributed by atoms with van der Waals surface area (Å²) in [5.74, 6) is 0. The Kier molecular flexibility index (Phi) is 4.30. The molecule has 3 nitrogen and oxygen atoms in total. The number of rotatable bonds is 2. The Morgan fingerprint density at radius 2 is 0.760 bits per heavy atom. The maximum atomic E-state index is 12.5. The minimum absolute atomic E-state index is 1.88. The van der Waals surface area contributed by atoms with Crippen molar-refractivity contribution < 1.29 is 66.9 Å². The van der Waals surface area contributed by atoms with E-state index in [2.05, 4.69) is 14.2 Å². The van der Waals surface area contributed by atoms with Crippen LogP contribution in [0.4, 0.5) is 52.7 Å². The van der Waals surface area contributed by atoms with Crippen LogP contribution in [0.5, 0.6) is 0 Å². The molecule has 2 aliphatic rings. The first-order chi connectivity index (χ1) is 10.9. The number of hydrogen-bond acceptors (Lipinski definition) is 3. The second-order valence-corrected chi connectivity index (χ2v) is 5.28. The van der Waals surface area contributed by atoms with Gasteiger partial charge < -0.3 is 14.2 Å². The van der Waals surface area contributed by atoms with Crippen molar-refractivity contribution in [1.29, 1.82) is 0 Å². The van der Waals surface area contributed by atoms with Crippen molar-refractivity contribution in [2.75, 3.05) is 0 Å². The van der Waals surface area contributed by atoms with E-state index in [1.54, 1.807) is 0 Å². The van der Waals surface area contributed by atoms with E-state index in [-0.39, 0.29) is 0 Å². The second-order valence-electron chi connectivity index (χ2n) is 5.28. The first-order valence-electron chi connectivity index (χ1n) is 6.14. The molecule has 2 saturated heterocycles. The molecular weight excluding hydrogens is 396 g/mol. The molecule has 148 valence electrons. The lowest BCUT2D eigenvalue weighted by Crippen LogP contribution is -2.72. The van der Waals surface area contributed by atoms with E-state index in [1.165, 1.54) is 0 Å². The van der Waals surface area contributed by atoms with E-state index in [0.29, 0.717) is 0 Å². The van der Waals surface area contributed by atoms with Crippen LogP contribution in [0, 0.1) is 0 Å². The van der Waals surface area contributed by atoms with Gasteiger partial charge in [-0.2, -0.15) is 52.7 Å². The number of hydrogen-bond donors (Lipinski definition) is 0. The Labute approximate surface area is 129 Å². The molecule has 2 fully saturated rings. The van der Waals surface area contributed by atoms with Crippen LogP contribution in [0.3, 0.4) is 0 Å². The largest absolute Gasteiger partial charge is 0.426 e. The Hall–Kier alpha value is -0.960. The molecule has 2 unspecified atom stereocenters. The zero-order chi connectivity index (χ0) is 19.7. The summed E-state index contributed by atoms with van der Waals surface area (Å²) < 4.78 is 161. The molecule has 0 aliphatic carbocycles. The summed E-state index contributed by atoms with van der Waals surface area (Å²) in [4.78, 5) is 0. The molecule has 0 bridgehead atoms. The zero-order valence-electron chi connectivity index (χ0n) is 11.3. The zero-order valence-corrected chi connectivity index (χ0v) is 11.3. The van der Waals surface area contributed by atoms with Crippen molar-refractivity contribution in [3.05, 3.63) is 0 Å². The highest BCUT2D eigenvalue weighted by Gasteiger charge is 2.81. The van der Waals surface area contributed by atoms with Crippen LogP contribution >= 0.6 is 0 Å². The lowest BCUT2D eigenvalue weighted by Gasteiger charge is -2.52. The van der Waals surface area contributed by atoms with Gasteiger partial charge in [0.2, 0.25) is 0 Å². The van der Waals surface area contributed by atoms with Gasteiger partial charge in [-0.1, -0.05) is 0 Å². The van der Waals surface area contributed by atoms with Gasteiger partial charge in [0.15, 0.2) is 12.6 Å². The van der Waals surface area contributed by atoms with E-state index in [9.17, 15) is 52.7 Å². The molecule has 0 radical (unpaired) electrons. The summed E-state index contributed by atoms with van der Waals surface area (Å²) in [6.45, 7) is 0. The number of alkyl halides is 12. The summed E-state index contributed by atoms with van der Waals surface area (Å²) in [5, 5.41) is 0. The van der Waals surface area contributed by atoms with Crippen LogP contribution < -0.4 is 0 Å². The number of halogens is 12. The average molecular weight is 402 g/mol. The molecule has 2 aliphatic heterocycles. The highest BCUT2D eigenvalue weighted by atomic mass is 19.4. The minimum atomic E-state index is -5.91. The fourth-order valence-corrected chi connectivity index (χ4v) is 2.27. The molecule has 0 aromatic rings. The third-order valence-electron chi connectivity index (χ3n) is 3.71. The van der Waals surface area contributed by atoms with Crippen molar-refractivity contribution in [3.63, 3.8) is 0 Å². The van der Waals surface area contributed by atoms with Gasteiger partial charge in [0.25, 0.3) is 11.2 Å². The lowest BCUT2D eigenvalue weighted by atomic mass is 9.90. The Morgan fingerprint density at radius 3 is 0.920 bits per heavy atom. The summed E-state index contributed by atoms with van der Waals surface area (Å²) in [6.07, 6.45) is -32.1. The SMILES string of the molecule is FC(F)(F)C1(C(F)(F)F)CC(OC2CC(C(F)(F)F)(C(F)(F)F)O2)O1. The normalized spacial score (nSPS) is 29.8. The molecule has 0 amide bonds. The predicted octanol–water partition coefficient (Wildman–Crippen LogP) is 4.22. The molecule has 0 N–H and O–H groups in total. The Morgan fingerprint density at radius 1 is 0.560 bits per heavy atom. The van der Waals surface area contributed by atoms with E-state index in [0.717, 1.165) is 0 Å². The first kappa shape index (κ1) is 20.4. The molecular formula is C10H6F12O3. The molecule has 0 aromatic carbocycles. The fourth-order valence-electron chi connectivity index (χ4n) is 2.27. The van der Waals surface area contributed by atoms with Gasteiger partial charge in [0.05, 0.1) is 0 Å². The summed E-state index contributed by atoms with van der Waals surface area (Å²) in [7, 11) is 0. The summed E-state index contributed by atoms with van der Waals surface area (Å²) in [5.41, 5.74) is -9.20. The molecule has 0 saturated carbocycles. The highest BCUT2D eigenvalue weighted by molar-refractivity contribution is 5.05. The van der Waals surface area contributed by atoms with Crippen molar-refractivity contribution in [3.8, 4) is 0 Å². The van der Waals surface area contributed by atoms with Crippen LogP contribution in [-0.4, -0.2) is 48.5 Å². The highest BCUT2D eigenvalue weighted by Crippen LogP contribution is 2.58. The van der Waals surface area contributed by atoms with Crippen molar-refractivity contribution >= 4 is 0 Å². The standard InChI is InChI=1S/C10H6F12O3/c11-7(12,13)5(8(14,15)16)1-3(24-5)23-4-2-6(25-4,9(17,18)19)10(20,21)22/h3-4H,1-2H2. The van der Waals surface area contributed by atoms with Gasteiger partial charge in [-0.05, 0) is 0 Å². The maximum Gasteiger partial charge on any atom is 0.426 e. The molecule has 15 heteroatoms. The van der Waals surface area contributed by atoms with E-state index in [4.69, 9.17) is 0 Å². The number of ether oxygens (including phenoxy) is 3. The maximum absolute atomic E-state index is 12.5. The lowest BCUT2D eigenvalue weighted by molar-refractivity contribution is -0.517. The first-order valence-corrected chi connectivity index (χ1v) is 6.14. The third-order valence-corrected chi connectivity index (χ3v) is 3.71. The predicted molar refractivity (Wildman–Crippen MR) is 49.7 cm³/mol.